The minimum Gasteiger partial charge on any atom is -0.310 e. The Kier molecular flexibility index (Phi) is 7.47. The van der Waals surface area contributed by atoms with E-state index in [0.29, 0.717) is 11.8 Å². The smallest absolute Gasteiger partial charge is 0.0581 e. The molecule has 0 aliphatic heterocycles. The van der Waals surface area contributed by atoms with E-state index < -0.39 is 0 Å². The van der Waals surface area contributed by atoms with Crippen molar-refractivity contribution in [2.24, 2.45) is 29.6 Å². The van der Waals surface area contributed by atoms with Gasteiger partial charge in [0.1, 0.15) is 0 Å². The number of anilines is 3. The van der Waals surface area contributed by atoms with Gasteiger partial charge < -0.3 is 4.90 Å². The highest BCUT2D eigenvalue weighted by Crippen LogP contribution is 2.72. The van der Waals surface area contributed by atoms with Gasteiger partial charge in [0, 0.05) is 28.3 Å². The zero-order chi connectivity index (χ0) is 37.1. The first-order valence-electron chi connectivity index (χ1n) is 21.4. The van der Waals surface area contributed by atoms with Crippen molar-refractivity contribution in [2.75, 3.05) is 4.90 Å². The first-order chi connectivity index (χ1) is 26.7. The molecule has 12 rings (SSSR count). The minimum atomic E-state index is 0.108. The van der Waals surface area contributed by atoms with Gasteiger partial charge in [0.2, 0.25) is 0 Å². The molecule has 0 heterocycles. The second kappa shape index (κ2) is 12.2. The largest absolute Gasteiger partial charge is 0.310 e. The van der Waals surface area contributed by atoms with Crippen molar-refractivity contribution >= 4 is 17.1 Å². The molecule has 5 aromatic carbocycles. The zero-order valence-electron chi connectivity index (χ0n) is 33.1. The van der Waals surface area contributed by atoms with Crippen LogP contribution in [0.4, 0.5) is 17.1 Å². The van der Waals surface area contributed by atoms with Crippen LogP contribution in [0.1, 0.15) is 101 Å². The fourth-order valence-corrected chi connectivity index (χ4v) is 13.4. The molecule has 0 aromatic heterocycles. The lowest BCUT2D eigenvalue weighted by Gasteiger charge is -2.62. The molecule has 1 heteroatoms. The summed E-state index contributed by atoms with van der Waals surface area (Å²) < 4.78 is 0. The number of benzene rings is 5. The quantitative estimate of drug-likeness (QED) is 0.175. The highest BCUT2D eigenvalue weighted by molar-refractivity contribution is 5.93. The fourth-order valence-electron chi connectivity index (χ4n) is 13.4. The molecule has 0 saturated heterocycles. The molecule has 2 atom stereocenters. The van der Waals surface area contributed by atoms with Crippen molar-refractivity contribution in [3.05, 3.63) is 162 Å². The van der Waals surface area contributed by atoms with E-state index >= 15 is 0 Å². The molecule has 7 aliphatic carbocycles. The van der Waals surface area contributed by atoms with Gasteiger partial charge in [0.25, 0.3) is 0 Å². The van der Waals surface area contributed by atoms with Crippen LogP contribution in [0.2, 0.25) is 0 Å². The van der Waals surface area contributed by atoms with Crippen molar-refractivity contribution in [1.29, 1.82) is 0 Å². The molecule has 1 spiro atoms. The predicted octanol–water partition coefficient (Wildman–Crippen LogP) is 14.4. The lowest BCUT2D eigenvalue weighted by Crippen LogP contribution is -2.57. The molecule has 55 heavy (non-hydrogen) atoms. The lowest BCUT2D eigenvalue weighted by atomic mass is 9.41. The third-order valence-corrected chi connectivity index (χ3v) is 15.8. The summed E-state index contributed by atoms with van der Waals surface area (Å²) in [6.45, 7) is 9.84. The van der Waals surface area contributed by atoms with Crippen LogP contribution in [0.3, 0.4) is 0 Å². The zero-order valence-corrected chi connectivity index (χ0v) is 33.1. The Bertz CT molecular complexity index is 2310. The van der Waals surface area contributed by atoms with Crippen molar-refractivity contribution in [3.8, 4) is 22.3 Å². The highest BCUT2D eigenvalue weighted by atomic mass is 15.1. The van der Waals surface area contributed by atoms with Gasteiger partial charge in [-0.1, -0.05) is 143 Å². The average molecular weight is 718 g/mol. The molecule has 4 saturated carbocycles. The van der Waals surface area contributed by atoms with Crippen LogP contribution in [0.25, 0.3) is 22.3 Å². The number of hydrogen-bond acceptors (Lipinski definition) is 1. The van der Waals surface area contributed by atoms with E-state index in [1.54, 1.807) is 11.1 Å². The SMILES string of the molecule is CC1(C)CCC(C)(C)c2cc(N(c3ccc(-c4ccccc4)cc3)c3c(-c4ccccc4)ccc4c3C3C=CC=CC3C43C4CC5CC(C4)CC3C5)ccc21. The molecule has 4 bridgehead atoms. The monoisotopic (exact) mass is 717 g/mol. The van der Waals surface area contributed by atoms with E-state index in [1.165, 1.54) is 95.4 Å². The number of nitrogens with zero attached hydrogens (tertiary/aromatic N) is 1. The maximum absolute atomic E-state index is 2.70. The number of fused-ring (bicyclic) bond motifs is 4. The van der Waals surface area contributed by atoms with Crippen molar-refractivity contribution in [2.45, 2.75) is 94.8 Å². The van der Waals surface area contributed by atoms with Gasteiger partial charge in [-0.15, -0.1) is 0 Å². The molecular weight excluding hydrogens is 663 g/mol. The summed E-state index contributed by atoms with van der Waals surface area (Å²) in [5, 5.41) is 0. The van der Waals surface area contributed by atoms with Gasteiger partial charge in [-0.3, -0.25) is 0 Å². The van der Waals surface area contributed by atoms with Crippen molar-refractivity contribution in [1.82, 2.24) is 0 Å². The predicted molar refractivity (Wildman–Crippen MR) is 231 cm³/mol. The van der Waals surface area contributed by atoms with E-state index in [2.05, 4.69) is 172 Å². The van der Waals surface area contributed by atoms with E-state index in [-0.39, 0.29) is 16.2 Å². The van der Waals surface area contributed by atoms with E-state index in [9.17, 15) is 0 Å². The van der Waals surface area contributed by atoms with Gasteiger partial charge in [0.15, 0.2) is 0 Å². The van der Waals surface area contributed by atoms with Crippen LogP contribution in [-0.2, 0) is 16.2 Å². The molecule has 0 radical (unpaired) electrons. The molecular formula is C54H55N. The van der Waals surface area contributed by atoms with E-state index in [1.807, 2.05) is 0 Å². The Labute approximate surface area is 329 Å². The summed E-state index contributed by atoms with van der Waals surface area (Å²) in [4.78, 5) is 2.70. The second-order valence-electron chi connectivity index (χ2n) is 19.6. The van der Waals surface area contributed by atoms with Gasteiger partial charge >= 0.3 is 0 Å². The maximum atomic E-state index is 2.70. The van der Waals surface area contributed by atoms with E-state index in [4.69, 9.17) is 0 Å². The van der Waals surface area contributed by atoms with E-state index in [0.717, 1.165) is 23.7 Å². The molecule has 4 fully saturated rings. The van der Waals surface area contributed by atoms with Gasteiger partial charge in [0.05, 0.1) is 5.69 Å². The molecule has 5 aromatic rings. The Morgan fingerprint density at radius 3 is 1.75 bits per heavy atom. The van der Waals surface area contributed by atoms with Crippen LogP contribution in [-0.4, -0.2) is 0 Å². The first kappa shape index (κ1) is 33.7. The molecule has 1 nitrogen and oxygen atoms in total. The number of allylic oxidation sites excluding steroid dienone is 4. The van der Waals surface area contributed by atoms with Crippen LogP contribution in [0.5, 0.6) is 0 Å². The topological polar surface area (TPSA) is 3.24 Å². The number of rotatable bonds is 5. The third kappa shape index (κ3) is 4.97. The van der Waals surface area contributed by atoms with Gasteiger partial charge in [-0.25, -0.2) is 0 Å². The Balaban J connectivity index is 1.20. The van der Waals surface area contributed by atoms with Gasteiger partial charge in [-0.2, -0.15) is 0 Å². The molecule has 0 N–H and O–H groups in total. The van der Waals surface area contributed by atoms with Crippen LogP contribution in [0.15, 0.2) is 140 Å². The summed E-state index contributed by atoms with van der Waals surface area (Å²) in [5.74, 6) is 4.28. The van der Waals surface area contributed by atoms with Crippen LogP contribution >= 0.6 is 0 Å². The normalized spacial score (nSPS) is 29.9. The van der Waals surface area contributed by atoms with Crippen molar-refractivity contribution < 1.29 is 0 Å². The Morgan fingerprint density at radius 1 is 0.509 bits per heavy atom. The standard InChI is InChI=1S/C54H55N/c1-52(2)27-28-53(3,4)49-34-43(23-25-47(49)52)55(42-21-19-38(20-22-42)37-13-7-5-8-14-37)51-44(39-15-9-6-10-16-39)24-26-48-50(51)45-17-11-12-18-46(45)54(48)40-30-35-29-36(32-40)33-41(54)31-35/h5-26,34-36,40-41,45-46H,27-33H2,1-4H3. The minimum absolute atomic E-state index is 0.108. The molecule has 7 aliphatic rings. The second-order valence-corrected chi connectivity index (χ2v) is 19.6. The fraction of sp³-hybridized carbons (Fsp3) is 0.370. The number of hydrogen-bond donors (Lipinski definition) is 0. The molecule has 276 valence electrons. The third-order valence-electron chi connectivity index (χ3n) is 15.8. The molecule has 0 amide bonds. The first-order valence-corrected chi connectivity index (χ1v) is 21.4. The van der Waals surface area contributed by atoms with Crippen molar-refractivity contribution in [3.63, 3.8) is 0 Å². The average Bonchev–Trinajstić information content (AvgIpc) is 3.50. The highest BCUT2D eigenvalue weighted by Gasteiger charge is 2.65. The summed E-state index contributed by atoms with van der Waals surface area (Å²) >= 11 is 0. The Morgan fingerprint density at radius 2 is 1.07 bits per heavy atom. The van der Waals surface area contributed by atoms with Crippen LogP contribution in [0, 0.1) is 29.6 Å². The maximum Gasteiger partial charge on any atom is 0.0581 e. The summed E-state index contributed by atoms with van der Waals surface area (Å²) in [7, 11) is 0. The summed E-state index contributed by atoms with van der Waals surface area (Å²) in [6, 6.07) is 44.3. The van der Waals surface area contributed by atoms with Gasteiger partial charge in [-0.05, 0) is 149 Å². The molecule has 2 unspecified atom stereocenters. The Hall–Kier alpha value is -4.62. The van der Waals surface area contributed by atoms with Crippen LogP contribution < -0.4 is 4.90 Å². The summed E-state index contributed by atoms with van der Waals surface area (Å²) in [6.07, 6.45) is 19.6. The summed E-state index contributed by atoms with van der Waals surface area (Å²) in [5.41, 5.74) is 15.8. The lowest BCUT2D eigenvalue weighted by molar-refractivity contribution is -0.0761.